The summed E-state index contributed by atoms with van der Waals surface area (Å²) in [7, 11) is 0. The first-order valence-corrected chi connectivity index (χ1v) is 8.01. The Hall–Kier alpha value is -3.00. The smallest absolute Gasteiger partial charge is 0.252 e. The first-order chi connectivity index (χ1) is 12.3. The molecule has 1 N–H and O–H groups in total. The minimum Gasteiger partial charge on any atom is -0.362 e. The van der Waals surface area contributed by atoms with Crippen LogP contribution < -0.4 is 5.32 Å². The summed E-state index contributed by atoms with van der Waals surface area (Å²) in [6.45, 7) is 1.38. The van der Waals surface area contributed by atoms with Gasteiger partial charge < -0.3 is 14.6 Å². The summed E-state index contributed by atoms with van der Waals surface area (Å²) in [6.07, 6.45) is 4.42. The summed E-state index contributed by atoms with van der Waals surface area (Å²) in [5.74, 6) is 0.663. The van der Waals surface area contributed by atoms with Gasteiger partial charge in [0.25, 0.3) is 5.89 Å². The van der Waals surface area contributed by atoms with Gasteiger partial charge in [-0.3, -0.25) is 9.48 Å². The molecular weight excluding hydrogens is 322 g/mol. The van der Waals surface area contributed by atoms with Crippen LogP contribution in [0.15, 0.2) is 53.3 Å². The van der Waals surface area contributed by atoms with Crippen LogP contribution in [-0.4, -0.2) is 39.0 Å². The monoisotopic (exact) mass is 341 g/mol. The van der Waals surface area contributed by atoms with E-state index in [0.29, 0.717) is 18.3 Å². The molecule has 0 fully saturated rings. The highest BCUT2D eigenvalue weighted by molar-refractivity contribution is 5.77. The lowest BCUT2D eigenvalue weighted by atomic mass is 10.2. The summed E-state index contributed by atoms with van der Waals surface area (Å²) in [5.41, 5.74) is 0.868. The Kier molecular flexibility index (Phi) is 5.89. The Bertz CT molecular complexity index is 771. The van der Waals surface area contributed by atoms with E-state index < -0.39 is 0 Å². The van der Waals surface area contributed by atoms with Crippen LogP contribution in [0.4, 0.5) is 0 Å². The predicted octanol–water partition coefficient (Wildman–Crippen LogP) is 1.66. The van der Waals surface area contributed by atoms with Crippen LogP contribution in [0.5, 0.6) is 0 Å². The number of carbonyl (C=O) groups excluding carboxylic acids is 1. The molecule has 0 atom stereocenters. The Balaban J connectivity index is 1.32. The zero-order valence-electron chi connectivity index (χ0n) is 13.7. The Morgan fingerprint density at radius 2 is 2.12 bits per heavy atom. The lowest BCUT2D eigenvalue weighted by Gasteiger charge is -2.05. The molecule has 2 heterocycles. The maximum Gasteiger partial charge on any atom is 0.252 e. The van der Waals surface area contributed by atoms with Gasteiger partial charge in [-0.25, -0.2) is 0 Å². The highest BCUT2D eigenvalue weighted by Gasteiger charge is 2.09. The fraction of sp³-hybridized carbons (Fsp3) is 0.294. The van der Waals surface area contributed by atoms with Gasteiger partial charge in [-0.2, -0.15) is 10.1 Å². The van der Waals surface area contributed by atoms with Gasteiger partial charge in [0, 0.05) is 31.0 Å². The normalized spacial score (nSPS) is 10.7. The van der Waals surface area contributed by atoms with Crippen molar-refractivity contribution < 1.29 is 14.1 Å². The summed E-state index contributed by atoms with van der Waals surface area (Å²) < 4.78 is 12.2. The number of aromatic nitrogens is 4. The van der Waals surface area contributed by atoms with Crippen LogP contribution >= 0.6 is 0 Å². The zero-order valence-corrected chi connectivity index (χ0v) is 13.7. The maximum atomic E-state index is 11.7. The van der Waals surface area contributed by atoms with Crippen molar-refractivity contribution in [2.45, 2.75) is 19.6 Å². The van der Waals surface area contributed by atoms with Gasteiger partial charge in [0.2, 0.25) is 11.7 Å². The third-order valence-electron chi connectivity index (χ3n) is 3.40. The molecule has 0 aliphatic rings. The van der Waals surface area contributed by atoms with Crippen molar-refractivity contribution >= 4 is 5.91 Å². The van der Waals surface area contributed by atoms with E-state index in [0.717, 1.165) is 18.5 Å². The molecule has 0 saturated carbocycles. The van der Waals surface area contributed by atoms with E-state index in [9.17, 15) is 4.79 Å². The third kappa shape index (κ3) is 5.25. The first kappa shape index (κ1) is 16.8. The van der Waals surface area contributed by atoms with E-state index in [1.165, 1.54) is 0 Å². The molecule has 2 aromatic heterocycles. The van der Waals surface area contributed by atoms with Crippen molar-refractivity contribution in [1.82, 2.24) is 25.2 Å². The van der Waals surface area contributed by atoms with Gasteiger partial charge in [0.05, 0.1) is 0 Å². The molecule has 3 aromatic rings. The second-order valence-electron chi connectivity index (χ2n) is 5.34. The minimum atomic E-state index is -0.178. The molecule has 25 heavy (non-hydrogen) atoms. The van der Waals surface area contributed by atoms with E-state index in [4.69, 9.17) is 9.26 Å². The Morgan fingerprint density at radius 1 is 1.24 bits per heavy atom. The summed E-state index contributed by atoms with van der Waals surface area (Å²) >= 11 is 0. The molecular formula is C17H19N5O3. The van der Waals surface area contributed by atoms with Crippen molar-refractivity contribution in [3.8, 4) is 11.4 Å². The fourth-order valence-electron chi connectivity index (χ4n) is 2.20. The van der Waals surface area contributed by atoms with Gasteiger partial charge >= 0.3 is 0 Å². The second-order valence-corrected chi connectivity index (χ2v) is 5.34. The molecule has 1 amide bonds. The third-order valence-corrected chi connectivity index (χ3v) is 3.40. The van der Waals surface area contributed by atoms with Crippen LogP contribution in [-0.2, 0) is 22.7 Å². The molecule has 0 aliphatic heterocycles. The van der Waals surface area contributed by atoms with E-state index in [2.05, 4.69) is 20.6 Å². The number of nitrogens with zero attached hydrogens (tertiary/aromatic N) is 4. The molecule has 8 nitrogen and oxygen atoms in total. The van der Waals surface area contributed by atoms with Crippen molar-refractivity contribution in [1.29, 1.82) is 0 Å². The van der Waals surface area contributed by atoms with Gasteiger partial charge in [-0.15, -0.1) is 0 Å². The summed E-state index contributed by atoms with van der Waals surface area (Å²) in [4.78, 5) is 15.9. The molecule has 130 valence electrons. The van der Waals surface area contributed by atoms with E-state index >= 15 is 0 Å². The van der Waals surface area contributed by atoms with Crippen LogP contribution in [0.25, 0.3) is 11.4 Å². The standard InChI is InChI=1S/C17H19N5O3/c23-15(18-8-4-10-22-11-5-9-19-22)12-24-13-16-20-17(21-25-16)14-6-2-1-3-7-14/h1-3,5-7,9,11H,4,8,10,12-13H2,(H,18,23). The van der Waals surface area contributed by atoms with Crippen molar-refractivity contribution in [2.75, 3.05) is 13.2 Å². The molecule has 0 saturated heterocycles. The molecule has 0 unspecified atom stereocenters. The lowest BCUT2D eigenvalue weighted by Crippen LogP contribution is -2.29. The van der Waals surface area contributed by atoms with Crippen molar-refractivity contribution in [3.63, 3.8) is 0 Å². The number of hydrogen-bond donors (Lipinski definition) is 1. The second kappa shape index (κ2) is 8.74. The molecule has 3 rings (SSSR count). The van der Waals surface area contributed by atoms with E-state index in [1.807, 2.05) is 47.3 Å². The van der Waals surface area contributed by atoms with Crippen LogP contribution in [0.2, 0.25) is 0 Å². The highest BCUT2D eigenvalue weighted by Crippen LogP contribution is 2.14. The fourth-order valence-corrected chi connectivity index (χ4v) is 2.20. The van der Waals surface area contributed by atoms with Crippen LogP contribution in [0, 0.1) is 0 Å². The number of carbonyl (C=O) groups is 1. The predicted molar refractivity (Wildman–Crippen MR) is 89.2 cm³/mol. The SMILES string of the molecule is O=C(COCc1nc(-c2ccccc2)no1)NCCCn1cccn1. The zero-order chi connectivity index (χ0) is 17.3. The number of rotatable bonds is 9. The number of amides is 1. The number of nitrogens with one attached hydrogen (secondary N) is 1. The van der Waals surface area contributed by atoms with Crippen LogP contribution in [0.3, 0.4) is 0 Å². The number of aryl methyl sites for hydroxylation is 1. The topological polar surface area (TPSA) is 95.1 Å². The van der Waals surface area contributed by atoms with Crippen molar-refractivity contribution in [3.05, 3.63) is 54.7 Å². The number of ether oxygens (including phenoxy) is 1. The van der Waals surface area contributed by atoms with E-state index in [-0.39, 0.29) is 19.1 Å². The lowest BCUT2D eigenvalue weighted by molar-refractivity contribution is -0.126. The summed E-state index contributed by atoms with van der Waals surface area (Å²) in [6, 6.07) is 11.4. The first-order valence-electron chi connectivity index (χ1n) is 8.01. The Labute approximate surface area is 144 Å². The maximum absolute atomic E-state index is 11.7. The van der Waals surface area contributed by atoms with Crippen LogP contribution in [0.1, 0.15) is 12.3 Å². The highest BCUT2D eigenvalue weighted by atomic mass is 16.5. The molecule has 0 spiro atoms. The van der Waals surface area contributed by atoms with E-state index in [1.54, 1.807) is 6.20 Å². The van der Waals surface area contributed by atoms with Gasteiger partial charge in [0.15, 0.2) is 0 Å². The molecule has 8 heteroatoms. The summed E-state index contributed by atoms with van der Waals surface area (Å²) in [5, 5.41) is 10.8. The van der Waals surface area contributed by atoms with Gasteiger partial charge in [0.1, 0.15) is 13.2 Å². The average Bonchev–Trinajstić information content (AvgIpc) is 3.31. The average molecular weight is 341 g/mol. The molecule has 0 bridgehead atoms. The number of hydrogen-bond acceptors (Lipinski definition) is 6. The largest absolute Gasteiger partial charge is 0.362 e. The quantitative estimate of drug-likeness (QED) is 0.595. The Morgan fingerprint density at radius 3 is 2.92 bits per heavy atom. The number of benzene rings is 1. The molecule has 1 aromatic carbocycles. The van der Waals surface area contributed by atoms with Crippen molar-refractivity contribution in [2.24, 2.45) is 0 Å². The minimum absolute atomic E-state index is 0.0508. The molecule has 0 aliphatic carbocycles. The van der Waals surface area contributed by atoms with Gasteiger partial charge in [-0.1, -0.05) is 35.5 Å². The molecule has 0 radical (unpaired) electrons. The van der Waals surface area contributed by atoms with Gasteiger partial charge in [-0.05, 0) is 12.5 Å².